The van der Waals surface area contributed by atoms with Gasteiger partial charge in [0.2, 0.25) is 0 Å². The number of rotatable bonds is 1. The highest BCUT2D eigenvalue weighted by atomic mass is 14.6. The van der Waals surface area contributed by atoms with E-state index in [1.165, 1.54) is 18.3 Å². The first kappa shape index (κ1) is 11.8. The first-order valence-electron chi connectivity index (χ1n) is 8.88. The van der Waals surface area contributed by atoms with Gasteiger partial charge in [0.25, 0.3) is 0 Å². The summed E-state index contributed by atoms with van der Waals surface area (Å²) >= 11 is 0. The molecule has 0 bridgehead atoms. The molecule has 0 saturated heterocycles. The Morgan fingerprint density at radius 2 is 1.28 bits per heavy atom. The Hall–Kier alpha value is 0. The van der Waals surface area contributed by atoms with Gasteiger partial charge in [-0.3, -0.25) is 0 Å². The van der Waals surface area contributed by atoms with Gasteiger partial charge < -0.3 is 0 Å². The molecule has 0 radical (unpaired) electrons. The molecule has 7 atom stereocenters. The Bertz CT molecular complexity index is 299. The molecule has 0 aromatic carbocycles. The van der Waals surface area contributed by atoms with Crippen LogP contribution >= 0.6 is 0 Å². The smallest absolute Gasteiger partial charge is 0.0321 e. The zero-order valence-electron chi connectivity index (χ0n) is 12.1. The normalized spacial score (nSPS) is 54.8. The van der Waals surface area contributed by atoms with Crippen LogP contribution in [0.2, 0.25) is 0 Å². The molecule has 0 heteroatoms. The molecular formula is C18H30. The van der Waals surface area contributed by atoms with Crippen molar-refractivity contribution in [2.75, 3.05) is 0 Å². The maximum absolute atomic E-state index is 2.46. The van der Waals surface area contributed by atoms with E-state index in [4.69, 9.17) is 0 Å². The summed E-state index contributed by atoms with van der Waals surface area (Å²) in [6.07, 6.45) is 15.8. The summed E-state index contributed by atoms with van der Waals surface area (Å²) in [5, 5.41) is 0. The molecule has 102 valence electrons. The average molecular weight is 246 g/mol. The lowest BCUT2D eigenvalue weighted by atomic mass is 9.46. The van der Waals surface area contributed by atoms with E-state index in [1.54, 1.807) is 57.8 Å². The number of hydrogen-bond acceptors (Lipinski definition) is 0. The molecule has 0 spiro atoms. The van der Waals surface area contributed by atoms with Crippen molar-refractivity contribution in [3.05, 3.63) is 0 Å². The van der Waals surface area contributed by atoms with Crippen LogP contribution in [-0.2, 0) is 0 Å². The molecule has 0 aliphatic heterocycles. The van der Waals surface area contributed by atoms with E-state index >= 15 is 0 Å². The van der Waals surface area contributed by atoms with Crippen LogP contribution in [0.1, 0.15) is 71.1 Å². The van der Waals surface area contributed by atoms with Gasteiger partial charge in [-0.25, -0.2) is 0 Å². The molecular weight excluding hydrogens is 216 g/mol. The minimum absolute atomic E-state index is 1.10. The molecule has 18 heavy (non-hydrogen) atoms. The summed E-state index contributed by atoms with van der Waals surface area (Å²) in [5.74, 6) is 8.09. The van der Waals surface area contributed by atoms with E-state index in [9.17, 15) is 0 Å². The van der Waals surface area contributed by atoms with Crippen molar-refractivity contribution in [3.63, 3.8) is 0 Å². The van der Waals surface area contributed by atoms with Gasteiger partial charge in [0, 0.05) is 0 Å². The van der Waals surface area contributed by atoms with Crippen molar-refractivity contribution in [1.29, 1.82) is 0 Å². The van der Waals surface area contributed by atoms with Crippen LogP contribution in [0, 0.1) is 41.4 Å². The van der Waals surface area contributed by atoms with Crippen molar-refractivity contribution in [2.45, 2.75) is 71.1 Å². The Kier molecular flexibility index (Phi) is 2.97. The molecule has 4 fully saturated rings. The van der Waals surface area contributed by atoms with Crippen molar-refractivity contribution < 1.29 is 0 Å². The van der Waals surface area contributed by atoms with E-state index in [-0.39, 0.29) is 0 Å². The van der Waals surface area contributed by atoms with Crippen LogP contribution in [0.5, 0.6) is 0 Å². The number of hydrogen-bond donors (Lipinski definition) is 0. The van der Waals surface area contributed by atoms with Gasteiger partial charge in [-0.05, 0) is 80.0 Å². The molecule has 0 heterocycles. The topological polar surface area (TPSA) is 0 Å². The third-order valence-corrected chi connectivity index (χ3v) is 7.54. The summed E-state index contributed by atoms with van der Waals surface area (Å²) in [7, 11) is 0. The molecule has 4 rings (SSSR count). The fraction of sp³-hybridized carbons (Fsp3) is 1.00. The van der Waals surface area contributed by atoms with Gasteiger partial charge in [0.15, 0.2) is 0 Å². The molecule has 7 unspecified atom stereocenters. The first-order valence-corrected chi connectivity index (χ1v) is 8.88. The second-order valence-corrected chi connectivity index (χ2v) is 7.93. The minimum atomic E-state index is 1.10. The predicted octanol–water partition coefficient (Wildman–Crippen LogP) is 5.28. The highest BCUT2D eigenvalue weighted by molar-refractivity contribution is 5.02. The Labute approximate surface area is 113 Å². The zero-order chi connectivity index (χ0) is 12.1. The Morgan fingerprint density at radius 1 is 0.667 bits per heavy atom. The molecule has 4 aliphatic rings. The van der Waals surface area contributed by atoms with Crippen molar-refractivity contribution >= 4 is 0 Å². The van der Waals surface area contributed by atoms with Crippen molar-refractivity contribution in [1.82, 2.24) is 0 Å². The van der Waals surface area contributed by atoms with Gasteiger partial charge in [-0.15, -0.1) is 0 Å². The SMILES string of the molecule is CCC1CCC2CCC3CCCC4CCC1C2C34. The lowest BCUT2D eigenvalue weighted by Gasteiger charge is -2.59. The molecule has 0 amide bonds. The molecule has 0 N–H and O–H groups in total. The zero-order valence-corrected chi connectivity index (χ0v) is 12.1. The maximum atomic E-state index is 2.46. The highest BCUT2D eigenvalue weighted by Crippen LogP contribution is 2.61. The van der Waals surface area contributed by atoms with Gasteiger partial charge in [0.1, 0.15) is 0 Å². The van der Waals surface area contributed by atoms with E-state index in [1.807, 2.05) is 0 Å². The second-order valence-electron chi connectivity index (χ2n) is 7.93. The summed E-state index contributed by atoms with van der Waals surface area (Å²) in [6, 6.07) is 0. The summed E-state index contributed by atoms with van der Waals surface area (Å²) < 4.78 is 0. The van der Waals surface area contributed by atoms with E-state index < -0.39 is 0 Å². The van der Waals surface area contributed by atoms with Crippen LogP contribution in [0.25, 0.3) is 0 Å². The Morgan fingerprint density at radius 3 is 2.00 bits per heavy atom. The predicted molar refractivity (Wildman–Crippen MR) is 76.3 cm³/mol. The lowest BCUT2D eigenvalue weighted by molar-refractivity contribution is -0.0969. The summed E-state index contributed by atoms with van der Waals surface area (Å²) in [6.45, 7) is 2.46. The molecule has 0 nitrogen and oxygen atoms in total. The Balaban J connectivity index is 1.65. The third-order valence-electron chi connectivity index (χ3n) is 7.54. The van der Waals surface area contributed by atoms with Gasteiger partial charge in [0.05, 0.1) is 0 Å². The van der Waals surface area contributed by atoms with E-state index in [0.717, 1.165) is 29.6 Å². The largest absolute Gasteiger partial charge is 0.0651 e. The monoisotopic (exact) mass is 246 g/mol. The summed E-state index contributed by atoms with van der Waals surface area (Å²) in [5.41, 5.74) is 0. The standard InChI is InChI=1S/C18H30/c1-2-12-6-7-15-9-8-13-4-3-5-14-10-11-16(12)18(15)17(13)14/h12-18H,2-11H2,1H3. The quantitative estimate of drug-likeness (QED) is 0.591. The van der Waals surface area contributed by atoms with Crippen LogP contribution in [0.3, 0.4) is 0 Å². The molecule has 4 saturated carbocycles. The van der Waals surface area contributed by atoms with Crippen LogP contribution < -0.4 is 0 Å². The maximum Gasteiger partial charge on any atom is -0.0321 e. The molecule has 0 aromatic heterocycles. The first-order chi connectivity index (χ1) is 8.88. The van der Waals surface area contributed by atoms with E-state index in [0.29, 0.717) is 0 Å². The molecule has 4 aliphatic carbocycles. The highest BCUT2D eigenvalue weighted by Gasteiger charge is 2.52. The fourth-order valence-corrected chi connectivity index (χ4v) is 6.92. The van der Waals surface area contributed by atoms with Crippen LogP contribution in [-0.4, -0.2) is 0 Å². The van der Waals surface area contributed by atoms with Crippen molar-refractivity contribution in [3.8, 4) is 0 Å². The summed E-state index contributed by atoms with van der Waals surface area (Å²) in [4.78, 5) is 0. The average Bonchev–Trinajstić information content (AvgIpc) is 2.44. The molecule has 0 aromatic rings. The van der Waals surface area contributed by atoms with Crippen LogP contribution in [0.15, 0.2) is 0 Å². The van der Waals surface area contributed by atoms with Gasteiger partial charge >= 0.3 is 0 Å². The van der Waals surface area contributed by atoms with Crippen LogP contribution in [0.4, 0.5) is 0 Å². The van der Waals surface area contributed by atoms with Gasteiger partial charge in [-0.1, -0.05) is 32.6 Å². The minimum Gasteiger partial charge on any atom is -0.0651 e. The van der Waals surface area contributed by atoms with Crippen molar-refractivity contribution in [2.24, 2.45) is 41.4 Å². The van der Waals surface area contributed by atoms with Gasteiger partial charge in [-0.2, -0.15) is 0 Å². The fourth-order valence-electron chi connectivity index (χ4n) is 6.92. The second kappa shape index (κ2) is 4.53. The third kappa shape index (κ3) is 1.63. The van der Waals surface area contributed by atoms with E-state index in [2.05, 4.69) is 6.92 Å². The lowest BCUT2D eigenvalue weighted by Crippen LogP contribution is -2.51.